The van der Waals surface area contributed by atoms with Gasteiger partial charge in [-0.2, -0.15) is 10.4 Å². The lowest BCUT2D eigenvalue weighted by molar-refractivity contribution is 0.410. The van der Waals surface area contributed by atoms with E-state index in [0.717, 1.165) is 35.9 Å². The predicted molar refractivity (Wildman–Crippen MR) is 142 cm³/mol. The lowest BCUT2D eigenvalue weighted by atomic mass is 10.1. The van der Waals surface area contributed by atoms with Crippen molar-refractivity contribution in [2.45, 2.75) is 26.3 Å². The van der Waals surface area contributed by atoms with Crippen molar-refractivity contribution in [3.05, 3.63) is 71.4 Å². The molecule has 0 saturated carbocycles. The van der Waals surface area contributed by atoms with Crippen LogP contribution in [0.15, 0.2) is 59.6 Å². The SMILES string of the molecule is CCNC(=NCc1ccccc1OC)NCCCc1nn(-c2ccccc2)c(N)c1C#N.I. The number of nitrogen functional groups attached to an aromatic ring is 1. The first-order valence-corrected chi connectivity index (χ1v) is 10.6. The van der Waals surface area contributed by atoms with Gasteiger partial charge in [0, 0.05) is 18.7 Å². The molecule has 0 aliphatic rings. The Morgan fingerprint density at radius 1 is 1.15 bits per heavy atom. The molecule has 1 aromatic heterocycles. The van der Waals surface area contributed by atoms with E-state index in [0.29, 0.717) is 36.6 Å². The highest BCUT2D eigenvalue weighted by molar-refractivity contribution is 14.0. The van der Waals surface area contributed by atoms with Crippen LogP contribution < -0.4 is 21.1 Å². The highest BCUT2D eigenvalue weighted by Crippen LogP contribution is 2.21. The van der Waals surface area contributed by atoms with Gasteiger partial charge in [0.25, 0.3) is 0 Å². The average molecular weight is 559 g/mol. The maximum absolute atomic E-state index is 9.56. The zero-order valence-corrected chi connectivity index (χ0v) is 21.2. The van der Waals surface area contributed by atoms with Crippen molar-refractivity contribution in [1.29, 1.82) is 5.26 Å². The van der Waals surface area contributed by atoms with Gasteiger partial charge in [-0.15, -0.1) is 24.0 Å². The predicted octanol–water partition coefficient (Wildman–Crippen LogP) is 3.64. The second kappa shape index (κ2) is 13.3. The van der Waals surface area contributed by atoms with Crippen LogP contribution in [0, 0.1) is 11.3 Å². The van der Waals surface area contributed by atoms with Crippen LogP contribution >= 0.6 is 24.0 Å². The number of aliphatic imine (C=N–C) groups is 1. The molecule has 4 N–H and O–H groups in total. The number of ether oxygens (including phenoxy) is 1. The Labute approximate surface area is 211 Å². The lowest BCUT2D eigenvalue weighted by Gasteiger charge is -2.12. The van der Waals surface area contributed by atoms with Crippen LogP contribution in [0.5, 0.6) is 5.75 Å². The number of nitrogens with one attached hydrogen (secondary N) is 2. The van der Waals surface area contributed by atoms with Crippen LogP contribution in [-0.4, -0.2) is 35.9 Å². The zero-order chi connectivity index (χ0) is 22.8. The molecule has 3 aromatic rings. The Bertz CT molecular complexity index is 1090. The standard InChI is InChI=1S/C24H29N7O.HI/c1-3-27-24(29-17-18-10-7-8-14-22(18)32-2)28-15-9-13-21-20(16-25)23(26)31(30-21)19-11-5-4-6-12-19;/h4-8,10-12,14H,3,9,13,15,17,26H2,1-2H3,(H2,27,28,29);1H. The molecule has 0 fully saturated rings. The number of nitrogens with two attached hydrogens (primary N) is 1. The van der Waals surface area contributed by atoms with Crippen LogP contribution in [0.3, 0.4) is 0 Å². The third-order valence-electron chi connectivity index (χ3n) is 4.93. The van der Waals surface area contributed by atoms with E-state index in [9.17, 15) is 5.26 Å². The van der Waals surface area contributed by atoms with Crippen molar-refractivity contribution in [1.82, 2.24) is 20.4 Å². The van der Waals surface area contributed by atoms with E-state index in [4.69, 9.17) is 10.5 Å². The first-order valence-electron chi connectivity index (χ1n) is 10.6. The third-order valence-corrected chi connectivity index (χ3v) is 4.93. The van der Waals surface area contributed by atoms with E-state index >= 15 is 0 Å². The molecule has 0 saturated heterocycles. The van der Waals surface area contributed by atoms with Crippen molar-refractivity contribution >= 4 is 35.8 Å². The van der Waals surface area contributed by atoms with Crippen molar-refractivity contribution in [3.63, 3.8) is 0 Å². The number of aryl methyl sites for hydroxylation is 1. The molecule has 3 rings (SSSR count). The normalized spacial score (nSPS) is 10.8. The van der Waals surface area contributed by atoms with Crippen LogP contribution in [-0.2, 0) is 13.0 Å². The van der Waals surface area contributed by atoms with Gasteiger partial charge in [0.15, 0.2) is 5.96 Å². The van der Waals surface area contributed by atoms with Gasteiger partial charge in [-0.25, -0.2) is 9.67 Å². The second-order valence-electron chi connectivity index (χ2n) is 7.10. The molecule has 174 valence electrons. The number of aromatic nitrogens is 2. The number of anilines is 1. The number of benzene rings is 2. The molecule has 1 heterocycles. The zero-order valence-electron chi connectivity index (χ0n) is 18.9. The summed E-state index contributed by atoms with van der Waals surface area (Å²) in [5, 5.41) is 20.7. The number of halogens is 1. The summed E-state index contributed by atoms with van der Waals surface area (Å²) in [5.41, 5.74) is 9.17. The van der Waals surface area contributed by atoms with Gasteiger partial charge >= 0.3 is 0 Å². The Hall–Kier alpha value is -3.26. The topological polar surface area (TPSA) is 113 Å². The van der Waals surface area contributed by atoms with Crippen molar-refractivity contribution < 1.29 is 4.74 Å². The van der Waals surface area contributed by atoms with Crippen LogP contribution in [0.25, 0.3) is 5.69 Å². The molecule has 8 nitrogen and oxygen atoms in total. The number of para-hydroxylation sites is 2. The van der Waals surface area contributed by atoms with Gasteiger partial charge in [0.05, 0.1) is 25.0 Å². The Morgan fingerprint density at radius 2 is 1.88 bits per heavy atom. The monoisotopic (exact) mass is 559 g/mol. The maximum atomic E-state index is 9.56. The molecule has 0 bridgehead atoms. The fourth-order valence-electron chi connectivity index (χ4n) is 3.34. The molecule has 0 amide bonds. The number of rotatable bonds is 9. The van der Waals surface area contributed by atoms with Crippen molar-refractivity contribution in [2.75, 3.05) is 25.9 Å². The Kier molecular flexibility index (Phi) is 10.5. The van der Waals surface area contributed by atoms with Crippen molar-refractivity contribution in [2.24, 2.45) is 4.99 Å². The maximum Gasteiger partial charge on any atom is 0.191 e. The molecule has 0 unspecified atom stereocenters. The highest BCUT2D eigenvalue weighted by Gasteiger charge is 2.16. The molecular weight excluding hydrogens is 529 g/mol. The number of nitrogens with zero attached hydrogens (tertiary/aromatic N) is 4. The van der Waals surface area contributed by atoms with E-state index in [1.807, 2.05) is 61.5 Å². The summed E-state index contributed by atoms with van der Waals surface area (Å²) < 4.78 is 7.02. The van der Waals surface area contributed by atoms with Crippen LogP contribution in [0.4, 0.5) is 5.82 Å². The number of nitriles is 1. The van der Waals surface area contributed by atoms with E-state index < -0.39 is 0 Å². The fourth-order valence-corrected chi connectivity index (χ4v) is 3.34. The molecule has 0 spiro atoms. The third kappa shape index (κ3) is 6.86. The Balaban J connectivity index is 0.00000385. The van der Waals surface area contributed by atoms with Gasteiger partial charge < -0.3 is 21.1 Å². The molecule has 0 aliphatic carbocycles. The number of hydrogen-bond acceptors (Lipinski definition) is 5. The number of hydrogen-bond donors (Lipinski definition) is 3. The van der Waals surface area contributed by atoms with Gasteiger partial charge in [0.2, 0.25) is 0 Å². The van der Waals surface area contributed by atoms with E-state index in [1.165, 1.54) is 0 Å². The summed E-state index contributed by atoms with van der Waals surface area (Å²) in [6.07, 6.45) is 1.41. The van der Waals surface area contributed by atoms with Gasteiger partial charge in [0.1, 0.15) is 23.2 Å². The van der Waals surface area contributed by atoms with Crippen molar-refractivity contribution in [3.8, 4) is 17.5 Å². The van der Waals surface area contributed by atoms with E-state index in [2.05, 4.69) is 26.8 Å². The Morgan fingerprint density at radius 3 is 2.58 bits per heavy atom. The van der Waals surface area contributed by atoms with Crippen LogP contribution in [0.2, 0.25) is 0 Å². The molecule has 0 radical (unpaired) electrons. The largest absolute Gasteiger partial charge is 0.496 e. The number of guanidine groups is 1. The first kappa shape index (κ1) is 26.0. The minimum absolute atomic E-state index is 0. The fraction of sp³-hybridized carbons (Fsp3) is 0.292. The molecule has 9 heteroatoms. The molecule has 33 heavy (non-hydrogen) atoms. The summed E-state index contributed by atoms with van der Waals surface area (Å²) in [4.78, 5) is 4.65. The summed E-state index contributed by atoms with van der Waals surface area (Å²) in [7, 11) is 1.66. The summed E-state index contributed by atoms with van der Waals surface area (Å²) in [6, 6.07) is 19.6. The van der Waals surface area contributed by atoms with Gasteiger partial charge in [-0.05, 0) is 38.0 Å². The smallest absolute Gasteiger partial charge is 0.191 e. The lowest BCUT2D eigenvalue weighted by Crippen LogP contribution is -2.37. The highest BCUT2D eigenvalue weighted by atomic mass is 127. The minimum atomic E-state index is 0. The minimum Gasteiger partial charge on any atom is -0.496 e. The average Bonchev–Trinajstić information content (AvgIpc) is 3.15. The molecular formula is C24H30IN7O. The second-order valence-corrected chi connectivity index (χ2v) is 7.10. The van der Waals surface area contributed by atoms with Gasteiger partial charge in [-0.1, -0.05) is 36.4 Å². The number of methoxy groups -OCH3 is 1. The van der Waals surface area contributed by atoms with Gasteiger partial charge in [-0.3, -0.25) is 0 Å². The summed E-state index contributed by atoms with van der Waals surface area (Å²) in [5.74, 6) is 1.92. The van der Waals surface area contributed by atoms with E-state index in [-0.39, 0.29) is 24.0 Å². The summed E-state index contributed by atoms with van der Waals surface area (Å²) >= 11 is 0. The molecule has 2 aromatic carbocycles. The first-order chi connectivity index (χ1) is 15.7. The van der Waals surface area contributed by atoms with Crippen LogP contribution in [0.1, 0.15) is 30.2 Å². The molecule has 0 atom stereocenters. The quantitative estimate of drug-likeness (QED) is 0.160. The molecule has 0 aliphatic heterocycles. The summed E-state index contributed by atoms with van der Waals surface area (Å²) in [6.45, 7) is 3.98. The van der Waals surface area contributed by atoms with E-state index in [1.54, 1.807) is 11.8 Å².